The number of anilines is 1. The van der Waals surface area contributed by atoms with Crippen molar-refractivity contribution < 1.29 is 27.1 Å². The van der Waals surface area contributed by atoms with E-state index in [2.05, 4.69) is 20.3 Å². The predicted molar refractivity (Wildman–Crippen MR) is 126 cm³/mol. The van der Waals surface area contributed by atoms with Gasteiger partial charge in [0.15, 0.2) is 0 Å². The van der Waals surface area contributed by atoms with Gasteiger partial charge >= 0.3 is 12.4 Å². The SMILES string of the molecule is O=C(Nc1ccc(OC(F)(F)F)cc1)N1CCCC1c1nnc(-c2ccc(-c3ccccc3)cc2)o1. The number of amides is 2. The fourth-order valence-electron chi connectivity index (χ4n) is 4.12. The molecule has 2 heterocycles. The molecule has 1 aliphatic rings. The van der Waals surface area contributed by atoms with Gasteiger partial charge in [-0.05, 0) is 60.4 Å². The van der Waals surface area contributed by atoms with Crippen LogP contribution in [0.4, 0.5) is 23.7 Å². The molecular formula is C26H21F3N4O3. The fourth-order valence-corrected chi connectivity index (χ4v) is 4.12. The standard InChI is InChI=1S/C26H21F3N4O3/c27-26(28,29)36-21-14-12-20(13-15-21)30-25(34)33-16-4-7-22(33)24-32-31-23(35-24)19-10-8-18(9-11-19)17-5-2-1-3-6-17/h1-3,5-6,8-15,22H,4,7,16H2,(H,30,34). The van der Waals surface area contributed by atoms with E-state index in [0.717, 1.165) is 35.2 Å². The third-order valence-corrected chi connectivity index (χ3v) is 5.82. The summed E-state index contributed by atoms with van der Waals surface area (Å²) in [5.41, 5.74) is 3.27. The lowest BCUT2D eigenvalue weighted by Crippen LogP contribution is -2.34. The topological polar surface area (TPSA) is 80.5 Å². The molecule has 1 unspecified atom stereocenters. The van der Waals surface area contributed by atoms with E-state index < -0.39 is 18.4 Å². The van der Waals surface area contributed by atoms with Crippen LogP contribution in [0.15, 0.2) is 83.3 Å². The number of carbonyl (C=O) groups is 1. The molecule has 1 N–H and O–H groups in total. The Morgan fingerprint density at radius 1 is 0.917 bits per heavy atom. The number of rotatable bonds is 5. The summed E-state index contributed by atoms with van der Waals surface area (Å²) >= 11 is 0. The minimum absolute atomic E-state index is 0.332. The molecule has 1 saturated heterocycles. The smallest absolute Gasteiger partial charge is 0.418 e. The van der Waals surface area contributed by atoms with E-state index in [1.807, 2.05) is 54.6 Å². The maximum atomic E-state index is 12.9. The fraction of sp³-hybridized carbons (Fsp3) is 0.192. The van der Waals surface area contributed by atoms with E-state index in [9.17, 15) is 18.0 Å². The van der Waals surface area contributed by atoms with E-state index in [-0.39, 0.29) is 5.75 Å². The highest BCUT2D eigenvalue weighted by Crippen LogP contribution is 2.34. The zero-order valence-electron chi connectivity index (χ0n) is 18.9. The Morgan fingerprint density at radius 3 is 2.28 bits per heavy atom. The number of hydrogen-bond donors (Lipinski definition) is 1. The molecule has 10 heteroatoms. The van der Waals surface area contributed by atoms with Crippen LogP contribution < -0.4 is 10.1 Å². The molecule has 1 atom stereocenters. The van der Waals surface area contributed by atoms with Crippen LogP contribution in [0.1, 0.15) is 24.8 Å². The summed E-state index contributed by atoms with van der Waals surface area (Å²) < 4.78 is 46.8. The first-order valence-corrected chi connectivity index (χ1v) is 11.3. The number of likely N-dealkylation sites (tertiary alicyclic amines) is 1. The molecule has 3 aromatic carbocycles. The molecule has 5 rings (SSSR count). The molecule has 0 radical (unpaired) electrons. The number of alkyl halides is 3. The number of carbonyl (C=O) groups excluding carboxylic acids is 1. The summed E-state index contributed by atoms with van der Waals surface area (Å²) in [5.74, 6) is 0.325. The van der Waals surface area contributed by atoms with Crippen molar-refractivity contribution in [2.75, 3.05) is 11.9 Å². The van der Waals surface area contributed by atoms with Crippen LogP contribution in [0.5, 0.6) is 5.75 Å². The van der Waals surface area contributed by atoms with Crippen molar-refractivity contribution in [3.05, 3.63) is 84.8 Å². The molecular weight excluding hydrogens is 473 g/mol. The van der Waals surface area contributed by atoms with Crippen molar-refractivity contribution in [2.45, 2.75) is 25.2 Å². The molecule has 1 aliphatic heterocycles. The van der Waals surface area contributed by atoms with Gasteiger partial charge in [-0.2, -0.15) is 0 Å². The predicted octanol–water partition coefficient (Wildman–Crippen LogP) is 6.67. The average molecular weight is 494 g/mol. The molecule has 1 fully saturated rings. The van der Waals surface area contributed by atoms with E-state index in [1.165, 1.54) is 12.1 Å². The molecule has 0 aliphatic carbocycles. The normalized spacial score (nSPS) is 15.6. The third kappa shape index (κ3) is 5.32. The summed E-state index contributed by atoms with van der Waals surface area (Å²) in [7, 11) is 0. The second kappa shape index (κ2) is 9.73. The van der Waals surface area contributed by atoms with Gasteiger partial charge in [0.25, 0.3) is 0 Å². The Morgan fingerprint density at radius 2 is 1.58 bits per heavy atom. The number of aromatic nitrogens is 2. The van der Waals surface area contributed by atoms with Crippen LogP contribution in [0.2, 0.25) is 0 Å². The highest BCUT2D eigenvalue weighted by atomic mass is 19.4. The summed E-state index contributed by atoms with van der Waals surface area (Å²) in [4.78, 5) is 14.5. The van der Waals surface area contributed by atoms with Crippen LogP contribution in [0.25, 0.3) is 22.6 Å². The lowest BCUT2D eigenvalue weighted by atomic mass is 10.0. The summed E-state index contributed by atoms with van der Waals surface area (Å²) in [6, 6.07) is 21.9. The van der Waals surface area contributed by atoms with E-state index >= 15 is 0 Å². The van der Waals surface area contributed by atoms with Gasteiger partial charge in [0.2, 0.25) is 11.8 Å². The van der Waals surface area contributed by atoms with Gasteiger partial charge < -0.3 is 19.4 Å². The zero-order valence-corrected chi connectivity index (χ0v) is 18.9. The van der Waals surface area contributed by atoms with Gasteiger partial charge in [0.05, 0.1) is 0 Å². The Bertz CT molecular complexity index is 1320. The van der Waals surface area contributed by atoms with E-state index in [4.69, 9.17) is 4.42 Å². The van der Waals surface area contributed by atoms with Crippen molar-refractivity contribution in [1.82, 2.24) is 15.1 Å². The summed E-state index contributed by atoms with van der Waals surface area (Å²) in [6.45, 7) is 0.481. The largest absolute Gasteiger partial charge is 0.573 e. The number of halogens is 3. The second-order valence-corrected chi connectivity index (χ2v) is 8.24. The van der Waals surface area contributed by atoms with E-state index in [1.54, 1.807) is 4.90 Å². The lowest BCUT2D eigenvalue weighted by molar-refractivity contribution is -0.274. The third-order valence-electron chi connectivity index (χ3n) is 5.82. The molecule has 7 nitrogen and oxygen atoms in total. The summed E-state index contributed by atoms with van der Waals surface area (Å²) in [5, 5.41) is 11.0. The molecule has 4 aromatic rings. The molecule has 0 spiro atoms. The first kappa shape index (κ1) is 23.4. The van der Waals surface area contributed by atoms with Gasteiger partial charge in [-0.25, -0.2) is 4.79 Å². The minimum Gasteiger partial charge on any atom is -0.418 e. The lowest BCUT2D eigenvalue weighted by Gasteiger charge is -2.22. The number of hydrogen-bond acceptors (Lipinski definition) is 5. The van der Waals surface area contributed by atoms with Gasteiger partial charge in [-0.15, -0.1) is 23.4 Å². The van der Waals surface area contributed by atoms with Crippen molar-refractivity contribution in [2.24, 2.45) is 0 Å². The molecule has 0 saturated carbocycles. The molecule has 2 amide bonds. The molecule has 1 aromatic heterocycles. The minimum atomic E-state index is -4.78. The van der Waals surface area contributed by atoms with Crippen molar-refractivity contribution in [1.29, 1.82) is 0 Å². The zero-order chi connectivity index (χ0) is 25.1. The molecule has 184 valence electrons. The first-order chi connectivity index (χ1) is 17.4. The highest BCUT2D eigenvalue weighted by molar-refractivity contribution is 5.89. The van der Waals surface area contributed by atoms with Crippen LogP contribution >= 0.6 is 0 Å². The van der Waals surface area contributed by atoms with Crippen LogP contribution in [0.3, 0.4) is 0 Å². The van der Waals surface area contributed by atoms with Gasteiger partial charge in [-0.1, -0.05) is 42.5 Å². The van der Waals surface area contributed by atoms with E-state index in [0.29, 0.717) is 30.4 Å². The molecule has 0 bridgehead atoms. The Kier molecular flexibility index (Phi) is 6.32. The number of ether oxygens (including phenoxy) is 1. The Labute approximate surface area is 204 Å². The number of benzene rings is 3. The maximum Gasteiger partial charge on any atom is 0.573 e. The maximum absolute atomic E-state index is 12.9. The average Bonchev–Trinajstić information content (AvgIpc) is 3.55. The Hall–Kier alpha value is -4.34. The van der Waals surface area contributed by atoms with Crippen LogP contribution in [-0.4, -0.2) is 34.0 Å². The van der Waals surface area contributed by atoms with Crippen LogP contribution in [0, 0.1) is 0 Å². The number of nitrogens with zero attached hydrogens (tertiary/aromatic N) is 3. The Balaban J connectivity index is 1.26. The highest BCUT2D eigenvalue weighted by Gasteiger charge is 2.34. The van der Waals surface area contributed by atoms with Gasteiger partial charge in [0, 0.05) is 17.8 Å². The number of nitrogens with one attached hydrogen (secondary N) is 1. The van der Waals surface area contributed by atoms with Crippen molar-refractivity contribution in [3.63, 3.8) is 0 Å². The first-order valence-electron chi connectivity index (χ1n) is 11.3. The van der Waals surface area contributed by atoms with Gasteiger partial charge in [-0.3, -0.25) is 0 Å². The molecule has 36 heavy (non-hydrogen) atoms. The van der Waals surface area contributed by atoms with Crippen LogP contribution in [-0.2, 0) is 0 Å². The van der Waals surface area contributed by atoms with Crippen molar-refractivity contribution in [3.8, 4) is 28.3 Å². The van der Waals surface area contributed by atoms with Crippen molar-refractivity contribution >= 4 is 11.7 Å². The van der Waals surface area contributed by atoms with Gasteiger partial charge in [0.1, 0.15) is 11.8 Å². The monoisotopic (exact) mass is 494 g/mol. The quantitative estimate of drug-likeness (QED) is 0.335. The summed E-state index contributed by atoms with van der Waals surface area (Å²) in [6.07, 6.45) is -3.37. The number of urea groups is 1. The second-order valence-electron chi connectivity index (χ2n) is 8.24.